The third kappa shape index (κ3) is 3.32. The van der Waals surface area contributed by atoms with Crippen molar-refractivity contribution in [2.24, 2.45) is 5.92 Å². The molecule has 4 heteroatoms. The summed E-state index contributed by atoms with van der Waals surface area (Å²) in [5.41, 5.74) is 0. The van der Waals surface area contributed by atoms with Gasteiger partial charge in [0, 0.05) is 17.0 Å². The minimum atomic E-state index is -0.168. The van der Waals surface area contributed by atoms with Gasteiger partial charge in [0.15, 0.2) is 0 Å². The van der Waals surface area contributed by atoms with E-state index in [-0.39, 0.29) is 24.0 Å². The van der Waals surface area contributed by atoms with E-state index in [4.69, 9.17) is 4.74 Å². The van der Waals surface area contributed by atoms with E-state index < -0.39 is 0 Å². The third-order valence-electron chi connectivity index (χ3n) is 2.81. The molecule has 1 N–H and O–H groups in total. The van der Waals surface area contributed by atoms with Crippen molar-refractivity contribution in [2.75, 3.05) is 7.11 Å². The van der Waals surface area contributed by atoms with Crippen LogP contribution in [0.3, 0.4) is 0 Å². The minimum absolute atomic E-state index is 0.101. The first-order chi connectivity index (χ1) is 7.56. The van der Waals surface area contributed by atoms with Crippen molar-refractivity contribution < 1.29 is 9.53 Å². The highest BCUT2D eigenvalue weighted by Gasteiger charge is 2.22. The Labute approximate surface area is 101 Å². The number of nitrogens with one attached hydrogen (secondary N) is 1. The third-order valence-corrected chi connectivity index (χ3v) is 3.86. The van der Waals surface area contributed by atoms with Crippen LogP contribution >= 0.6 is 11.3 Å². The summed E-state index contributed by atoms with van der Waals surface area (Å²) in [6.45, 7) is 5.99. The molecule has 1 heterocycles. The van der Waals surface area contributed by atoms with Gasteiger partial charge < -0.3 is 10.1 Å². The summed E-state index contributed by atoms with van der Waals surface area (Å²) in [7, 11) is 1.42. The number of hydrogen-bond acceptors (Lipinski definition) is 4. The lowest BCUT2D eigenvalue weighted by atomic mass is 10.0. The molecular weight excluding hydrogens is 222 g/mol. The van der Waals surface area contributed by atoms with Crippen LogP contribution in [0, 0.1) is 5.92 Å². The highest BCUT2D eigenvalue weighted by Crippen LogP contribution is 2.20. The molecule has 0 aliphatic rings. The average molecular weight is 241 g/mol. The molecule has 3 nitrogen and oxygen atoms in total. The molecule has 90 valence electrons. The molecule has 1 rings (SSSR count). The van der Waals surface area contributed by atoms with Crippen LogP contribution in [0.4, 0.5) is 0 Å². The van der Waals surface area contributed by atoms with Crippen LogP contribution < -0.4 is 5.32 Å². The number of carbonyl (C=O) groups excluding carboxylic acids is 1. The summed E-state index contributed by atoms with van der Waals surface area (Å²) in [5, 5.41) is 5.46. The normalized spacial score (nSPS) is 16.5. The van der Waals surface area contributed by atoms with Gasteiger partial charge in [-0.2, -0.15) is 0 Å². The first-order valence-corrected chi connectivity index (χ1v) is 6.31. The minimum Gasteiger partial charge on any atom is -0.469 e. The van der Waals surface area contributed by atoms with Crippen LogP contribution in [0.2, 0.25) is 0 Å². The maximum absolute atomic E-state index is 11.4. The summed E-state index contributed by atoms with van der Waals surface area (Å²) in [6, 6.07) is 4.50. The number of esters is 1. The lowest BCUT2D eigenvalue weighted by Crippen LogP contribution is -2.38. The van der Waals surface area contributed by atoms with Gasteiger partial charge in [0.1, 0.15) is 0 Å². The second-order valence-corrected chi connectivity index (χ2v) is 4.98. The molecule has 0 saturated carbocycles. The topological polar surface area (TPSA) is 38.3 Å². The van der Waals surface area contributed by atoms with E-state index in [0.29, 0.717) is 0 Å². The largest absolute Gasteiger partial charge is 0.469 e. The van der Waals surface area contributed by atoms with Gasteiger partial charge in [-0.3, -0.25) is 4.79 Å². The molecule has 0 fully saturated rings. The second kappa shape index (κ2) is 6.01. The molecule has 1 aromatic heterocycles. The standard InChI is InChI=1S/C12H19NO2S/c1-8(12(14)15-4)9(2)13-10(3)11-6-5-7-16-11/h5-10,13H,1-4H3. The monoisotopic (exact) mass is 241 g/mol. The Hall–Kier alpha value is -0.870. The maximum atomic E-state index is 11.4. The highest BCUT2D eigenvalue weighted by molar-refractivity contribution is 7.10. The number of ether oxygens (including phenoxy) is 1. The van der Waals surface area contributed by atoms with Gasteiger partial charge in [-0.25, -0.2) is 0 Å². The molecule has 16 heavy (non-hydrogen) atoms. The van der Waals surface area contributed by atoms with Gasteiger partial charge in [-0.05, 0) is 25.3 Å². The summed E-state index contributed by atoms with van der Waals surface area (Å²) in [5.74, 6) is -0.300. The Balaban J connectivity index is 2.51. The van der Waals surface area contributed by atoms with Gasteiger partial charge in [-0.15, -0.1) is 11.3 Å². The van der Waals surface area contributed by atoms with Crippen molar-refractivity contribution >= 4 is 17.3 Å². The lowest BCUT2D eigenvalue weighted by Gasteiger charge is -2.23. The SMILES string of the molecule is COC(=O)C(C)C(C)NC(C)c1cccs1. The van der Waals surface area contributed by atoms with Crippen molar-refractivity contribution in [2.45, 2.75) is 32.9 Å². The van der Waals surface area contributed by atoms with Crippen LogP contribution in [0.5, 0.6) is 0 Å². The summed E-state index contributed by atoms with van der Waals surface area (Å²) < 4.78 is 4.73. The number of rotatable bonds is 5. The van der Waals surface area contributed by atoms with Crippen molar-refractivity contribution in [1.29, 1.82) is 0 Å². The number of hydrogen-bond donors (Lipinski definition) is 1. The molecule has 0 spiro atoms. The zero-order valence-corrected chi connectivity index (χ0v) is 11.0. The van der Waals surface area contributed by atoms with Gasteiger partial charge in [-0.1, -0.05) is 13.0 Å². The predicted molar refractivity (Wildman–Crippen MR) is 66.5 cm³/mol. The van der Waals surface area contributed by atoms with Crippen LogP contribution in [-0.4, -0.2) is 19.1 Å². The molecule has 0 aliphatic carbocycles. The molecular formula is C12H19NO2S. The second-order valence-electron chi connectivity index (χ2n) is 4.00. The molecule has 1 aromatic rings. The van der Waals surface area contributed by atoms with Crippen LogP contribution in [0.1, 0.15) is 31.7 Å². The van der Waals surface area contributed by atoms with Crippen molar-refractivity contribution in [3.05, 3.63) is 22.4 Å². The van der Waals surface area contributed by atoms with E-state index in [9.17, 15) is 4.79 Å². The van der Waals surface area contributed by atoms with E-state index in [0.717, 1.165) is 0 Å². The molecule has 3 unspecified atom stereocenters. The van der Waals surface area contributed by atoms with E-state index in [1.165, 1.54) is 12.0 Å². The fourth-order valence-corrected chi connectivity index (χ4v) is 2.29. The lowest BCUT2D eigenvalue weighted by molar-refractivity contribution is -0.145. The van der Waals surface area contributed by atoms with Gasteiger partial charge >= 0.3 is 5.97 Å². The van der Waals surface area contributed by atoms with Crippen molar-refractivity contribution in [1.82, 2.24) is 5.32 Å². The first kappa shape index (κ1) is 13.2. The Morgan fingerprint density at radius 2 is 2.12 bits per heavy atom. The van der Waals surface area contributed by atoms with E-state index in [1.807, 2.05) is 19.9 Å². The van der Waals surface area contributed by atoms with Gasteiger partial charge in [0.25, 0.3) is 0 Å². The Bertz CT molecular complexity index is 324. The fourth-order valence-electron chi connectivity index (χ4n) is 1.55. The summed E-state index contributed by atoms with van der Waals surface area (Å²) >= 11 is 1.72. The molecule has 0 radical (unpaired) electrons. The molecule has 0 aromatic carbocycles. The van der Waals surface area contributed by atoms with Crippen LogP contribution in [-0.2, 0) is 9.53 Å². The summed E-state index contributed by atoms with van der Waals surface area (Å²) in [4.78, 5) is 12.6. The molecule has 0 amide bonds. The Kier molecular flexibility index (Phi) is 4.96. The smallest absolute Gasteiger partial charge is 0.309 e. The first-order valence-electron chi connectivity index (χ1n) is 5.43. The molecule has 0 bridgehead atoms. The van der Waals surface area contributed by atoms with Crippen molar-refractivity contribution in [3.8, 4) is 0 Å². The summed E-state index contributed by atoms with van der Waals surface area (Å²) in [6.07, 6.45) is 0. The van der Waals surface area contributed by atoms with Gasteiger partial charge in [0.2, 0.25) is 0 Å². The predicted octanol–water partition coefficient (Wildman–Crippen LogP) is 2.60. The fraction of sp³-hybridized carbons (Fsp3) is 0.583. The van der Waals surface area contributed by atoms with Crippen LogP contribution in [0.15, 0.2) is 17.5 Å². The Morgan fingerprint density at radius 3 is 2.62 bits per heavy atom. The zero-order valence-electron chi connectivity index (χ0n) is 10.2. The molecule has 0 saturated heterocycles. The molecule has 0 aliphatic heterocycles. The van der Waals surface area contributed by atoms with E-state index in [2.05, 4.69) is 23.7 Å². The average Bonchev–Trinajstić information content (AvgIpc) is 2.80. The number of methoxy groups -OCH3 is 1. The van der Waals surface area contributed by atoms with Crippen molar-refractivity contribution in [3.63, 3.8) is 0 Å². The number of carbonyl (C=O) groups is 1. The number of thiophene rings is 1. The van der Waals surface area contributed by atoms with Crippen LogP contribution in [0.25, 0.3) is 0 Å². The zero-order chi connectivity index (χ0) is 12.1. The molecule has 3 atom stereocenters. The van der Waals surface area contributed by atoms with E-state index in [1.54, 1.807) is 11.3 Å². The highest BCUT2D eigenvalue weighted by atomic mass is 32.1. The van der Waals surface area contributed by atoms with E-state index >= 15 is 0 Å². The maximum Gasteiger partial charge on any atom is 0.309 e. The van der Waals surface area contributed by atoms with Gasteiger partial charge in [0.05, 0.1) is 13.0 Å². The Morgan fingerprint density at radius 1 is 1.44 bits per heavy atom. The quantitative estimate of drug-likeness (QED) is 0.805.